The van der Waals surface area contributed by atoms with Gasteiger partial charge in [0, 0.05) is 13.1 Å². The molecule has 0 fully saturated rings. The molecule has 2 aromatic heterocycles. The number of rotatable bonds is 8. The Hall–Kier alpha value is -4.06. The zero-order valence-corrected chi connectivity index (χ0v) is 18.3. The highest BCUT2D eigenvalue weighted by atomic mass is 19.4. The van der Waals surface area contributed by atoms with Gasteiger partial charge < -0.3 is 29.8 Å². The summed E-state index contributed by atoms with van der Waals surface area (Å²) in [4.78, 5) is 13.4. The van der Waals surface area contributed by atoms with Crippen LogP contribution in [0, 0.1) is 0 Å². The van der Waals surface area contributed by atoms with Gasteiger partial charge in [0.2, 0.25) is 12.7 Å². The standard InChI is InChI=1S/C23H21F3N6O3/c24-23(25,26)16-4-1-14(2-5-16)11-32-12-29-19-20(27-7-8-33)30-22(31-21(19)32)28-10-15-3-6-17-18(9-15)35-13-34-17/h1-6,9,12,33H,7-8,10-11,13H2,(H2,27,28,30,31). The average Bonchev–Trinajstić information content (AvgIpc) is 3.48. The van der Waals surface area contributed by atoms with Crippen LogP contribution in [0.5, 0.6) is 11.5 Å². The van der Waals surface area contributed by atoms with Crippen LogP contribution in [0.2, 0.25) is 0 Å². The highest BCUT2D eigenvalue weighted by Crippen LogP contribution is 2.33. The van der Waals surface area contributed by atoms with Crippen LogP contribution in [0.4, 0.5) is 24.9 Å². The fourth-order valence-corrected chi connectivity index (χ4v) is 3.66. The van der Waals surface area contributed by atoms with E-state index in [-0.39, 0.29) is 26.5 Å². The van der Waals surface area contributed by atoms with Crippen LogP contribution in [0.3, 0.4) is 0 Å². The minimum Gasteiger partial charge on any atom is -0.454 e. The molecule has 3 N–H and O–H groups in total. The second kappa shape index (κ2) is 9.29. The molecule has 9 nitrogen and oxygen atoms in total. The molecule has 0 aliphatic carbocycles. The molecule has 35 heavy (non-hydrogen) atoms. The molecule has 5 rings (SSSR count). The lowest BCUT2D eigenvalue weighted by Gasteiger charge is -2.11. The topological polar surface area (TPSA) is 106 Å². The monoisotopic (exact) mass is 486 g/mol. The Labute approximate surface area is 197 Å². The minimum absolute atomic E-state index is 0.0995. The molecule has 1 aliphatic rings. The first-order valence-electron chi connectivity index (χ1n) is 10.8. The van der Waals surface area contributed by atoms with E-state index < -0.39 is 11.7 Å². The molecule has 3 heterocycles. The van der Waals surface area contributed by atoms with E-state index in [4.69, 9.17) is 9.47 Å². The van der Waals surface area contributed by atoms with Crippen LogP contribution >= 0.6 is 0 Å². The van der Waals surface area contributed by atoms with Crippen LogP contribution in [0.25, 0.3) is 11.2 Å². The Morgan fingerprint density at radius 3 is 2.51 bits per heavy atom. The van der Waals surface area contributed by atoms with Crippen molar-refractivity contribution in [3.05, 3.63) is 65.5 Å². The summed E-state index contributed by atoms with van der Waals surface area (Å²) in [7, 11) is 0. The maximum absolute atomic E-state index is 12.9. The van der Waals surface area contributed by atoms with Crippen LogP contribution < -0.4 is 20.1 Å². The summed E-state index contributed by atoms with van der Waals surface area (Å²) in [5.74, 6) is 2.11. The molecule has 0 saturated heterocycles. The molecule has 182 valence electrons. The molecule has 12 heteroatoms. The fraction of sp³-hybridized carbons (Fsp3) is 0.261. The Kier molecular flexibility index (Phi) is 6.03. The van der Waals surface area contributed by atoms with Crippen molar-refractivity contribution >= 4 is 22.9 Å². The van der Waals surface area contributed by atoms with Crippen molar-refractivity contribution < 1.29 is 27.8 Å². The number of nitrogens with zero attached hydrogens (tertiary/aromatic N) is 4. The van der Waals surface area contributed by atoms with Crippen molar-refractivity contribution in [3.8, 4) is 11.5 Å². The molecular weight excluding hydrogens is 465 g/mol. The number of benzene rings is 2. The summed E-state index contributed by atoms with van der Waals surface area (Å²) in [6, 6.07) is 10.6. The normalized spacial score (nSPS) is 12.8. The minimum atomic E-state index is -4.39. The van der Waals surface area contributed by atoms with E-state index in [1.165, 1.54) is 12.1 Å². The Bertz CT molecular complexity index is 1340. The molecule has 1 aliphatic heterocycles. The summed E-state index contributed by atoms with van der Waals surface area (Å²) in [6.45, 7) is 1.04. The van der Waals surface area contributed by atoms with Crippen LogP contribution in [-0.2, 0) is 19.3 Å². The third kappa shape index (κ3) is 4.92. The van der Waals surface area contributed by atoms with Gasteiger partial charge in [0.25, 0.3) is 0 Å². The molecule has 4 aromatic rings. The summed E-state index contributed by atoms with van der Waals surface area (Å²) >= 11 is 0. The predicted octanol–water partition coefficient (Wildman–Crippen LogP) is 3.64. The van der Waals surface area contributed by atoms with Crippen molar-refractivity contribution in [2.45, 2.75) is 19.3 Å². The summed E-state index contributed by atoms with van der Waals surface area (Å²) in [5.41, 5.74) is 1.87. The van der Waals surface area contributed by atoms with E-state index in [1.807, 2.05) is 18.2 Å². The van der Waals surface area contributed by atoms with Gasteiger partial charge in [-0.25, -0.2) is 4.98 Å². The lowest BCUT2D eigenvalue weighted by Crippen LogP contribution is -2.11. The molecule has 0 bridgehead atoms. The average molecular weight is 486 g/mol. The zero-order valence-electron chi connectivity index (χ0n) is 18.3. The van der Waals surface area contributed by atoms with E-state index in [1.54, 1.807) is 10.9 Å². The van der Waals surface area contributed by atoms with Gasteiger partial charge in [0.1, 0.15) is 0 Å². The van der Waals surface area contributed by atoms with Gasteiger partial charge in [-0.1, -0.05) is 18.2 Å². The smallest absolute Gasteiger partial charge is 0.416 e. The number of aromatic nitrogens is 4. The van der Waals surface area contributed by atoms with Crippen molar-refractivity contribution in [1.29, 1.82) is 0 Å². The number of halogens is 3. The van der Waals surface area contributed by atoms with Crippen molar-refractivity contribution in [2.75, 3.05) is 30.6 Å². The summed E-state index contributed by atoms with van der Waals surface area (Å²) in [5, 5.41) is 15.4. The number of ether oxygens (including phenoxy) is 2. The SMILES string of the molecule is OCCNc1nc(NCc2ccc3c(c2)OCO3)nc2c1ncn2Cc1ccc(C(F)(F)F)cc1. The number of fused-ring (bicyclic) bond motifs is 2. The summed E-state index contributed by atoms with van der Waals surface area (Å²) < 4.78 is 51.1. The van der Waals surface area contributed by atoms with Gasteiger partial charge in [-0.15, -0.1) is 0 Å². The van der Waals surface area contributed by atoms with Crippen molar-refractivity contribution in [1.82, 2.24) is 19.5 Å². The van der Waals surface area contributed by atoms with Gasteiger partial charge in [0.15, 0.2) is 28.5 Å². The van der Waals surface area contributed by atoms with Gasteiger partial charge in [-0.3, -0.25) is 0 Å². The number of imidazole rings is 1. The van der Waals surface area contributed by atoms with E-state index >= 15 is 0 Å². The van der Waals surface area contributed by atoms with Crippen molar-refractivity contribution in [3.63, 3.8) is 0 Å². The molecule has 0 radical (unpaired) electrons. The van der Waals surface area contributed by atoms with E-state index in [2.05, 4.69) is 25.6 Å². The zero-order chi connectivity index (χ0) is 24.4. The van der Waals surface area contributed by atoms with Gasteiger partial charge in [-0.05, 0) is 35.4 Å². The highest BCUT2D eigenvalue weighted by molar-refractivity contribution is 5.84. The quantitative estimate of drug-likeness (QED) is 0.347. The van der Waals surface area contributed by atoms with Gasteiger partial charge >= 0.3 is 6.18 Å². The molecule has 2 aromatic carbocycles. The van der Waals surface area contributed by atoms with E-state index in [9.17, 15) is 18.3 Å². The van der Waals surface area contributed by atoms with Crippen molar-refractivity contribution in [2.24, 2.45) is 0 Å². The maximum atomic E-state index is 12.9. The fourth-order valence-electron chi connectivity index (χ4n) is 3.66. The second-order valence-corrected chi connectivity index (χ2v) is 7.83. The Morgan fingerprint density at radius 1 is 0.971 bits per heavy atom. The molecule has 0 saturated carbocycles. The predicted molar refractivity (Wildman–Crippen MR) is 121 cm³/mol. The first kappa shape index (κ1) is 22.7. The van der Waals surface area contributed by atoms with Gasteiger partial charge in [-0.2, -0.15) is 23.1 Å². The van der Waals surface area contributed by atoms with Crippen LogP contribution in [0.1, 0.15) is 16.7 Å². The molecular formula is C23H21F3N6O3. The Morgan fingerprint density at radius 2 is 1.74 bits per heavy atom. The lowest BCUT2D eigenvalue weighted by molar-refractivity contribution is -0.137. The van der Waals surface area contributed by atoms with E-state index in [0.29, 0.717) is 46.5 Å². The largest absolute Gasteiger partial charge is 0.454 e. The summed E-state index contributed by atoms with van der Waals surface area (Å²) in [6.07, 6.45) is -2.83. The highest BCUT2D eigenvalue weighted by Gasteiger charge is 2.30. The molecule has 0 unspecified atom stereocenters. The molecule has 0 spiro atoms. The number of alkyl halides is 3. The lowest BCUT2D eigenvalue weighted by atomic mass is 10.1. The maximum Gasteiger partial charge on any atom is 0.416 e. The number of aliphatic hydroxyl groups is 1. The molecule has 0 amide bonds. The first-order valence-corrected chi connectivity index (χ1v) is 10.8. The van der Waals surface area contributed by atoms with E-state index in [0.717, 1.165) is 17.7 Å². The second-order valence-electron chi connectivity index (χ2n) is 7.83. The number of hydrogen-bond donors (Lipinski definition) is 3. The molecule has 0 atom stereocenters. The number of nitrogens with one attached hydrogen (secondary N) is 2. The third-order valence-corrected chi connectivity index (χ3v) is 5.39. The van der Waals surface area contributed by atoms with Gasteiger partial charge in [0.05, 0.1) is 25.0 Å². The van der Waals surface area contributed by atoms with Crippen LogP contribution in [-0.4, -0.2) is 44.6 Å². The third-order valence-electron chi connectivity index (χ3n) is 5.39. The number of aliphatic hydroxyl groups excluding tert-OH is 1. The number of anilines is 2. The van der Waals surface area contributed by atoms with Crippen LogP contribution in [0.15, 0.2) is 48.8 Å². The number of hydrogen-bond acceptors (Lipinski definition) is 8. The first-order chi connectivity index (χ1) is 16.9. The Balaban J connectivity index is 1.41.